The summed E-state index contributed by atoms with van der Waals surface area (Å²) in [7, 11) is -3.38. The van der Waals surface area contributed by atoms with E-state index in [4.69, 9.17) is 5.73 Å². The minimum absolute atomic E-state index is 0.00398. The van der Waals surface area contributed by atoms with Gasteiger partial charge in [-0.25, -0.2) is 8.42 Å². The second kappa shape index (κ2) is 5.80. The van der Waals surface area contributed by atoms with Crippen LogP contribution >= 0.6 is 11.5 Å². The van der Waals surface area contributed by atoms with Gasteiger partial charge in [-0.3, -0.25) is 0 Å². The van der Waals surface area contributed by atoms with Crippen LogP contribution in [0.5, 0.6) is 0 Å². The number of nitrogen functional groups attached to an aromatic ring is 1. The van der Waals surface area contributed by atoms with Crippen molar-refractivity contribution in [1.29, 1.82) is 0 Å². The molecule has 7 heteroatoms. The van der Waals surface area contributed by atoms with Crippen LogP contribution < -0.4 is 11.1 Å². The van der Waals surface area contributed by atoms with Gasteiger partial charge in [0.1, 0.15) is 9.90 Å². The standard InChI is InChI=1S/C13H17N3O2S2/c1-3-20(17,18)11-12(14)16-19-13(11)15-9(2)10-7-5-4-6-8-10/h4-9,15H,3H2,1-2H3,(H2,14,16). The Labute approximate surface area is 122 Å². The first-order valence-corrected chi connectivity index (χ1v) is 8.67. The normalized spacial score (nSPS) is 13.1. The summed E-state index contributed by atoms with van der Waals surface area (Å²) in [6, 6.07) is 9.76. The number of rotatable bonds is 5. The van der Waals surface area contributed by atoms with Crippen LogP contribution in [0, 0.1) is 0 Å². The first-order chi connectivity index (χ1) is 9.45. The van der Waals surface area contributed by atoms with Crippen LogP contribution in [0.2, 0.25) is 0 Å². The summed E-state index contributed by atoms with van der Waals surface area (Å²) < 4.78 is 28.1. The van der Waals surface area contributed by atoms with E-state index in [0.717, 1.165) is 17.1 Å². The quantitative estimate of drug-likeness (QED) is 0.886. The van der Waals surface area contributed by atoms with Gasteiger partial charge in [0.2, 0.25) is 0 Å². The first kappa shape index (κ1) is 14.8. The zero-order valence-corrected chi connectivity index (χ0v) is 13.0. The van der Waals surface area contributed by atoms with Crippen LogP contribution in [-0.4, -0.2) is 18.5 Å². The van der Waals surface area contributed by atoms with Gasteiger partial charge < -0.3 is 11.1 Å². The number of hydrogen-bond donors (Lipinski definition) is 2. The Hall–Kier alpha value is -1.60. The zero-order chi connectivity index (χ0) is 14.8. The fourth-order valence-electron chi connectivity index (χ4n) is 1.85. The molecule has 3 N–H and O–H groups in total. The van der Waals surface area contributed by atoms with Crippen molar-refractivity contribution in [3.05, 3.63) is 35.9 Å². The molecule has 1 heterocycles. The molecule has 1 aromatic carbocycles. The van der Waals surface area contributed by atoms with Crippen molar-refractivity contribution in [2.24, 2.45) is 0 Å². The van der Waals surface area contributed by atoms with Crippen LogP contribution in [0.15, 0.2) is 35.2 Å². The molecule has 0 fully saturated rings. The number of sulfone groups is 1. The van der Waals surface area contributed by atoms with Gasteiger partial charge in [0.05, 0.1) is 5.75 Å². The third-order valence-corrected chi connectivity index (χ3v) is 5.73. The zero-order valence-electron chi connectivity index (χ0n) is 11.3. The molecule has 0 spiro atoms. The van der Waals surface area contributed by atoms with Gasteiger partial charge in [-0.1, -0.05) is 37.3 Å². The Balaban J connectivity index is 2.32. The average molecular weight is 311 g/mol. The van der Waals surface area contributed by atoms with Crippen LogP contribution in [0.4, 0.5) is 10.8 Å². The van der Waals surface area contributed by atoms with E-state index in [1.54, 1.807) is 6.92 Å². The van der Waals surface area contributed by atoms with Crippen LogP contribution in [0.3, 0.4) is 0 Å². The summed E-state index contributed by atoms with van der Waals surface area (Å²) in [5.74, 6) is 0.0731. The molecule has 0 radical (unpaired) electrons. The topological polar surface area (TPSA) is 85.1 Å². The molecule has 0 saturated carbocycles. The molecular weight excluding hydrogens is 294 g/mol. The van der Waals surface area contributed by atoms with Gasteiger partial charge in [0.15, 0.2) is 15.7 Å². The highest BCUT2D eigenvalue weighted by Crippen LogP contribution is 2.34. The van der Waals surface area contributed by atoms with Crippen molar-refractivity contribution in [2.45, 2.75) is 24.8 Å². The maximum atomic E-state index is 12.1. The molecule has 2 aromatic rings. The average Bonchev–Trinajstić information content (AvgIpc) is 2.81. The van der Waals surface area contributed by atoms with E-state index < -0.39 is 9.84 Å². The molecule has 0 aliphatic heterocycles. The van der Waals surface area contributed by atoms with Crippen molar-refractivity contribution >= 4 is 32.2 Å². The number of aromatic nitrogens is 1. The van der Waals surface area contributed by atoms with E-state index in [0.29, 0.717) is 5.00 Å². The molecule has 0 aliphatic carbocycles. The molecule has 108 valence electrons. The summed E-state index contributed by atoms with van der Waals surface area (Å²) in [6.45, 7) is 3.56. The summed E-state index contributed by atoms with van der Waals surface area (Å²) >= 11 is 1.08. The summed E-state index contributed by atoms with van der Waals surface area (Å²) in [6.07, 6.45) is 0. The highest BCUT2D eigenvalue weighted by molar-refractivity contribution is 7.91. The number of nitrogens with two attached hydrogens (primary N) is 1. The Bertz CT molecular complexity index is 681. The minimum atomic E-state index is -3.38. The molecule has 20 heavy (non-hydrogen) atoms. The van der Waals surface area contributed by atoms with Gasteiger partial charge in [-0.05, 0) is 24.0 Å². The maximum Gasteiger partial charge on any atom is 0.184 e. The van der Waals surface area contributed by atoms with Crippen LogP contribution in [-0.2, 0) is 9.84 Å². The van der Waals surface area contributed by atoms with E-state index >= 15 is 0 Å². The molecule has 2 rings (SSSR count). The second-order valence-electron chi connectivity index (χ2n) is 4.41. The van der Waals surface area contributed by atoms with Crippen LogP contribution in [0.25, 0.3) is 0 Å². The molecular formula is C13H17N3O2S2. The molecule has 0 saturated heterocycles. The minimum Gasteiger partial charge on any atom is -0.382 e. The smallest absolute Gasteiger partial charge is 0.184 e. The molecule has 1 aromatic heterocycles. The number of anilines is 2. The highest BCUT2D eigenvalue weighted by atomic mass is 32.2. The summed E-state index contributed by atoms with van der Waals surface area (Å²) in [4.78, 5) is 0.118. The Morgan fingerprint density at radius 2 is 2.00 bits per heavy atom. The van der Waals surface area contributed by atoms with E-state index in [2.05, 4.69) is 9.69 Å². The molecule has 5 nitrogen and oxygen atoms in total. The largest absolute Gasteiger partial charge is 0.382 e. The van der Waals surface area contributed by atoms with Gasteiger partial charge in [0, 0.05) is 6.04 Å². The van der Waals surface area contributed by atoms with E-state index in [1.807, 2.05) is 37.3 Å². The fourth-order valence-corrected chi connectivity index (χ4v) is 4.10. The molecule has 0 aliphatic rings. The maximum absolute atomic E-state index is 12.1. The van der Waals surface area contributed by atoms with E-state index in [1.165, 1.54) is 0 Å². The van der Waals surface area contributed by atoms with Gasteiger partial charge in [-0.15, -0.1) is 0 Å². The lowest BCUT2D eigenvalue weighted by Gasteiger charge is -2.15. The van der Waals surface area contributed by atoms with Crippen molar-refractivity contribution < 1.29 is 8.42 Å². The summed E-state index contributed by atoms with van der Waals surface area (Å²) in [5, 5.41) is 3.69. The fraction of sp³-hybridized carbons (Fsp3) is 0.308. The van der Waals surface area contributed by atoms with Crippen molar-refractivity contribution in [1.82, 2.24) is 4.37 Å². The van der Waals surface area contributed by atoms with Crippen molar-refractivity contribution in [3.8, 4) is 0 Å². The number of nitrogens with zero attached hydrogens (tertiary/aromatic N) is 1. The van der Waals surface area contributed by atoms with Gasteiger partial charge in [-0.2, -0.15) is 4.37 Å². The molecule has 0 amide bonds. The van der Waals surface area contributed by atoms with E-state index in [9.17, 15) is 8.42 Å². The molecule has 0 bridgehead atoms. The number of hydrogen-bond acceptors (Lipinski definition) is 6. The Kier molecular flexibility index (Phi) is 4.29. The third kappa shape index (κ3) is 2.94. The SMILES string of the molecule is CCS(=O)(=O)c1c(N)nsc1NC(C)c1ccccc1. The monoisotopic (exact) mass is 311 g/mol. The predicted molar refractivity (Wildman–Crippen MR) is 82.7 cm³/mol. The second-order valence-corrected chi connectivity index (χ2v) is 7.39. The predicted octanol–water partition coefficient (Wildman–Crippen LogP) is 2.69. The Morgan fingerprint density at radius 3 is 2.60 bits per heavy atom. The lowest BCUT2D eigenvalue weighted by Crippen LogP contribution is -2.11. The summed E-state index contributed by atoms with van der Waals surface area (Å²) in [5.41, 5.74) is 6.77. The number of nitrogens with one attached hydrogen (secondary N) is 1. The first-order valence-electron chi connectivity index (χ1n) is 6.25. The lowest BCUT2D eigenvalue weighted by molar-refractivity contribution is 0.598. The molecule has 1 atom stereocenters. The highest BCUT2D eigenvalue weighted by Gasteiger charge is 2.24. The van der Waals surface area contributed by atoms with E-state index in [-0.39, 0.29) is 22.5 Å². The lowest BCUT2D eigenvalue weighted by atomic mass is 10.1. The van der Waals surface area contributed by atoms with Gasteiger partial charge in [0.25, 0.3) is 0 Å². The van der Waals surface area contributed by atoms with Crippen LogP contribution in [0.1, 0.15) is 25.5 Å². The Morgan fingerprint density at radius 1 is 1.35 bits per heavy atom. The van der Waals surface area contributed by atoms with Gasteiger partial charge >= 0.3 is 0 Å². The van der Waals surface area contributed by atoms with Crippen molar-refractivity contribution in [2.75, 3.05) is 16.8 Å². The van der Waals surface area contributed by atoms with Crippen molar-refractivity contribution in [3.63, 3.8) is 0 Å². The number of benzene rings is 1. The molecule has 1 unspecified atom stereocenters. The third-order valence-electron chi connectivity index (χ3n) is 3.01.